The Morgan fingerprint density at radius 3 is 3.39 bits per heavy atom. The molecule has 2 saturated heterocycles. The van der Waals surface area contributed by atoms with Gasteiger partial charge in [-0.1, -0.05) is 6.07 Å². The first-order valence-electron chi connectivity index (χ1n) is 6.28. The van der Waals surface area contributed by atoms with Gasteiger partial charge >= 0.3 is 0 Å². The van der Waals surface area contributed by atoms with Gasteiger partial charge in [0.05, 0.1) is 30.9 Å². The molecule has 1 aromatic heterocycles. The molecule has 0 radical (unpaired) electrons. The fourth-order valence-electron chi connectivity index (χ4n) is 2.76. The molecule has 3 rings (SSSR count). The van der Waals surface area contributed by atoms with E-state index < -0.39 is 0 Å². The Labute approximate surface area is 106 Å². The molecule has 0 spiro atoms. The van der Waals surface area contributed by atoms with Crippen LogP contribution in [0.1, 0.15) is 5.69 Å². The average molecular weight is 247 g/mol. The second-order valence-electron chi connectivity index (χ2n) is 5.00. The molecular formula is C13H17N3O2. The van der Waals surface area contributed by atoms with Crippen molar-refractivity contribution in [2.75, 3.05) is 26.3 Å². The molecule has 0 aromatic carbocycles. The monoisotopic (exact) mass is 247 g/mol. The van der Waals surface area contributed by atoms with Gasteiger partial charge in [0.1, 0.15) is 0 Å². The van der Waals surface area contributed by atoms with Crippen LogP contribution in [0.2, 0.25) is 0 Å². The van der Waals surface area contributed by atoms with E-state index in [-0.39, 0.29) is 11.3 Å². The van der Waals surface area contributed by atoms with Crippen molar-refractivity contribution in [1.82, 2.24) is 15.6 Å². The Bertz CT molecular complexity index is 425. The highest BCUT2D eigenvalue weighted by atomic mass is 16.5. The van der Waals surface area contributed by atoms with Gasteiger partial charge in [-0.2, -0.15) is 0 Å². The number of rotatable bonds is 3. The molecule has 1 amide bonds. The summed E-state index contributed by atoms with van der Waals surface area (Å²) in [6.45, 7) is 3.28. The summed E-state index contributed by atoms with van der Waals surface area (Å²) in [4.78, 5) is 16.6. The van der Waals surface area contributed by atoms with E-state index in [9.17, 15) is 4.79 Å². The standard InChI is InChI=1S/C13H17N3O2/c17-12(16-6-11-3-1-2-4-15-11)13-8-14-5-10(13)7-18-9-13/h1-4,10,14H,5-9H2,(H,16,17)/t10-,13-/m1/s1. The maximum absolute atomic E-state index is 12.4. The lowest BCUT2D eigenvalue weighted by Gasteiger charge is -2.24. The lowest BCUT2D eigenvalue weighted by atomic mass is 9.80. The van der Waals surface area contributed by atoms with Gasteiger partial charge in [0.15, 0.2) is 0 Å². The van der Waals surface area contributed by atoms with Gasteiger partial charge in [-0.15, -0.1) is 0 Å². The molecule has 2 atom stereocenters. The summed E-state index contributed by atoms with van der Waals surface area (Å²) in [6, 6.07) is 5.70. The maximum atomic E-state index is 12.4. The third-order valence-corrected chi connectivity index (χ3v) is 3.90. The quantitative estimate of drug-likeness (QED) is 0.785. The Morgan fingerprint density at radius 1 is 1.61 bits per heavy atom. The van der Waals surface area contributed by atoms with Crippen LogP contribution in [0.3, 0.4) is 0 Å². The van der Waals surface area contributed by atoms with Crippen molar-refractivity contribution in [3.05, 3.63) is 30.1 Å². The first-order chi connectivity index (χ1) is 8.81. The third-order valence-electron chi connectivity index (χ3n) is 3.90. The van der Waals surface area contributed by atoms with Crippen LogP contribution in [-0.2, 0) is 16.1 Å². The van der Waals surface area contributed by atoms with E-state index in [1.807, 2.05) is 18.2 Å². The number of hydrogen-bond acceptors (Lipinski definition) is 4. The van der Waals surface area contributed by atoms with Gasteiger partial charge in [-0.25, -0.2) is 0 Å². The van der Waals surface area contributed by atoms with Gasteiger partial charge in [0, 0.05) is 25.2 Å². The Balaban J connectivity index is 1.65. The summed E-state index contributed by atoms with van der Waals surface area (Å²) < 4.78 is 5.47. The second-order valence-corrected chi connectivity index (χ2v) is 5.00. The number of amides is 1. The maximum Gasteiger partial charge on any atom is 0.230 e. The van der Waals surface area contributed by atoms with E-state index in [1.54, 1.807) is 6.20 Å². The SMILES string of the molecule is O=C(NCc1ccccn1)[C@@]12CNC[C@@H]1COC2. The number of fused-ring (bicyclic) bond motifs is 1. The van der Waals surface area contributed by atoms with Gasteiger partial charge < -0.3 is 15.4 Å². The van der Waals surface area contributed by atoms with Crippen LogP contribution in [0, 0.1) is 11.3 Å². The first kappa shape index (κ1) is 11.6. The fraction of sp³-hybridized carbons (Fsp3) is 0.538. The molecule has 2 N–H and O–H groups in total. The van der Waals surface area contributed by atoms with Gasteiger partial charge in [-0.05, 0) is 12.1 Å². The van der Waals surface area contributed by atoms with Gasteiger partial charge in [0.25, 0.3) is 0 Å². The number of ether oxygens (including phenoxy) is 1. The number of carbonyl (C=O) groups excluding carboxylic acids is 1. The zero-order valence-corrected chi connectivity index (χ0v) is 10.2. The van der Waals surface area contributed by atoms with Crippen LogP contribution in [0.15, 0.2) is 24.4 Å². The van der Waals surface area contributed by atoms with Crippen LogP contribution in [0.4, 0.5) is 0 Å². The van der Waals surface area contributed by atoms with Crippen molar-refractivity contribution < 1.29 is 9.53 Å². The number of nitrogens with one attached hydrogen (secondary N) is 2. The average Bonchev–Trinajstić information content (AvgIpc) is 2.97. The minimum absolute atomic E-state index is 0.0839. The number of nitrogens with zero attached hydrogens (tertiary/aromatic N) is 1. The van der Waals surface area contributed by atoms with Crippen LogP contribution in [0.5, 0.6) is 0 Å². The highest BCUT2D eigenvalue weighted by molar-refractivity contribution is 5.84. The van der Waals surface area contributed by atoms with Crippen molar-refractivity contribution in [1.29, 1.82) is 0 Å². The number of carbonyl (C=O) groups is 1. The van der Waals surface area contributed by atoms with Crippen LogP contribution in [-0.4, -0.2) is 37.2 Å². The van der Waals surface area contributed by atoms with Crippen LogP contribution in [0.25, 0.3) is 0 Å². The van der Waals surface area contributed by atoms with Crippen LogP contribution >= 0.6 is 0 Å². The summed E-state index contributed by atoms with van der Waals surface area (Å²) in [7, 11) is 0. The van der Waals surface area contributed by atoms with E-state index in [4.69, 9.17) is 4.74 Å². The summed E-state index contributed by atoms with van der Waals surface area (Å²) in [6.07, 6.45) is 1.73. The number of pyridine rings is 1. The van der Waals surface area contributed by atoms with Crippen molar-refractivity contribution in [2.24, 2.45) is 11.3 Å². The number of aromatic nitrogens is 1. The molecule has 1 aromatic rings. The molecule has 0 bridgehead atoms. The molecule has 5 nitrogen and oxygen atoms in total. The van der Waals surface area contributed by atoms with Gasteiger partial charge in [0.2, 0.25) is 5.91 Å². The molecule has 5 heteroatoms. The molecular weight excluding hydrogens is 230 g/mol. The zero-order valence-electron chi connectivity index (χ0n) is 10.2. The van der Waals surface area contributed by atoms with Crippen LogP contribution < -0.4 is 10.6 Å². The third kappa shape index (κ3) is 1.89. The van der Waals surface area contributed by atoms with Crippen molar-refractivity contribution in [2.45, 2.75) is 6.54 Å². The lowest BCUT2D eigenvalue weighted by Crippen LogP contribution is -2.46. The number of hydrogen-bond donors (Lipinski definition) is 2. The summed E-state index contributed by atoms with van der Waals surface area (Å²) in [5.74, 6) is 0.391. The normalized spacial score (nSPS) is 30.1. The smallest absolute Gasteiger partial charge is 0.230 e. The molecule has 0 unspecified atom stereocenters. The molecule has 18 heavy (non-hydrogen) atoms. The highest BCUT2D eigenvalue weighted by Gasteiger charge is 2.52. The summed E-state index contributed by atoms with van der Waals surface area (Å²) in [5, 5.41) is 6.27. The molecule has 2 aliphatic heterocycles. The first-order valence-corrected chi connectivity index (χ1v) is 6.28. The molecule has 2 fully saturated rings. The van der Waals surface area contributed by atoms with Crippen molar-refractivity contribution in [3.63, 3.8) is 0 Å². The minimum atomic E-state index is -0.366. The molecule has 2 aliphatic rings. The van der Waals surface area contributed by atoms with E-state index in [0.717, 1.165) is 12.2 Å². The predicted molar refractivity (Wildman–Crippen MR) is 65.7 cm³/mol. The zero-order chi connectivity index (χ0) is 12.4. The fourth-order valence-corrected chi connectivity index (χ4v) is 2.76. The topological polar surface area (TPSA) is 63.2 Å². The molecule has 0 aliphatic carbocycles. The van der Waals surface area contributed by atoms with E-state index in [0.29, 0.717) is 32.2 Å². The molecule has 0 saturated carbocycles. The molecule has 3 heterocycles. The Hall–Kier alpha value is -1.46. The van der Waals surface area contributed by atoms with Crippen molar-refractivity contribution >= 4 is 5.91 Å². The Morgan fingerprint density at radius 2 is 2.56 bits per heavy atom. The van der Waals surface area contributed by atoms with E-state index >= 15 is 0 Å². The lowest BCUT2D eigenvalue weighted by molar-refractivity contribution is -0.131. The summed E-state index contributed by atoms with van der Waals surface area (Å²) >= 11 is 0. The second kappa shape index (κ2) is 4.66. The van der Waals surface area contributed by atoms with E-state index in [1.165, 1.54) is 0 Å². The highest BCUT2D eigenvalue weighted by Crippen LogP contribution is 2.37. The Kier molecular flexibility index (Phi) is 3.01. The van der Waals surface area contributed by atoms with Gasteiger partial charge in [-0.3, -0.25) is 9.78 Å². The minimum Gasteiger partial charge on any atom is -0.380 e. The van der Waals surface area contributed by atoms with Crippen molar-refractivity contribution in [3.8, 4) is 0 Å². The molecule has 96 valence electrons. The summed E-state index contributed by atoms with van der Waals surface area (Å²) in [5.41, 5.74) is 0.512. The predicted octanol–water partition coefficient (Wildman–Crippen LogP) is -0.0662. The largest absolute Gasteiger partial charge is 0.380 e. The van der Waals surface area contributed by atoms with E-state index in [2.05, 4.69) is 15.6 Å².